The number of rotatable bonds is 3. The highest BCUT2D eigenvalue weighted by molar-refractivity contribution is 6.40. The summed E-state index contributed by atoms with van der Waals surface area (Å²) in [6, 6.07) is 17.2. The van der Waals surface area contributed by atoms with E-state index < -0.39 is 23.6 Å². The lowest BCUT2D eigenvalue weighted by Crippen LogP contribution is -2.32. The third-order valence-electron chi connectivity index (χ3n) is 3.88. The van der Waals surface area contributed by atoms with Gasteiger partial charge in [-0.1, -0.05) is 54.6 Å². The number of nitrogens with one attached hydrogen (secondary N) is 2. The summed E-state index contributed by atoms with van der Waals surface area (Å²) in [6.45, 7) is 0. The maximum Gasteiger partial charge on any atom is 0.417 e. The molecule has 0 aliphatic heterocycles. The second-order valence-corrected chi connectivity index (χ2v) is 5.76. The Bertz CT molecular complexity index is 1060. The van der Waals surface area contributed by atoms with Crippen LogP contribution in [0.15, 0.2) is 71.8 Å². The van der Waals surface area contributed by atoms with E-state index >= 15 is 0 Å². The Balaban J connectivity index is 1.69. The fourth-order valence-corrected chi connectivity index (χ4v) is 2.59. The average molecular weight is 385 g/mol. The molecule has 0 atom stereocenters. The molecule has 3 aromatic carbocycles. The quantitative estimate of drug-likeness (QED) is 0.407. The van der Waals surface area contributed by atoms with Crippen LogP contribution in [0.2, 0.25) is 0 Å². The van der Waals surface area contributed by atoms with Crippen LogP contribution >= 0.6 is 0 Å². The molecule has 0 unspecified atom stereocenters. The van der Waals surface area contributed by atoms with Crippen LogP contribution in [0, 0.1) is 0 Å². The third kappa shape index (κ3) is 4.35. The fourth-order valence-electron chi connectivity index (χ4n) is 2.59. The first kappa shape index (κ1) is 19.1. The molecule has 0 bridgehead atoms. The van der Waals surface area contributed by atoms with Gasteiger partial charge in [0.15, 0.2) is 0 Å². The Morgan fingerprint density at radius 3 is 2.32 bits per heavy atom. The molecule has 0 spiro atoms. The zero-order valence-corrected chi connectivity index (χ0v) is 14.3. The van der Waals surface area contributed by atoms with Crippen molar-refractivity contribution in [2.75, 3.05) is 5.32 Å². The molecule has 2 amide bonds. The van der Waals surface area contributed by atoms with E-state index in [1.165, 1.54) is 18.2 Å². The minimum Gasteiger partial charge on any atom is -0.317 e. The Morgan fingerprint density at radius 1 is 0.857 bits per heavy atom. The van der Waals surface area contributed by atoms with Gasteiger partial charge in [0.05, 0.1) is 11.8 Å². The van der Waals surface area contributed by atoms with Crippen molar-refractivity contribution in [2.45, 2.75) is 6.18 Å². The summed E-state index contributed by atoms with van der Waals surface area (Å²) in [5.41, 5.74) is 1.24. The van der Waals surface area contributed by atoms with Gasteiger partial charge in [-0.25, -0.2) is 5.43 Å². The summed E-state index contributed by atoms with van der Waals surface area (Å²) >= 11 is 0. The monoisotopic (exact) mass is 385 g/mol. The lowest BCUT2D eigenvalue weighted by molar-refractivity contribution is -0.137. The molecule has 0 fully saturated rings. The number of hydrogen-bond acceptors (Lipinski definition) is 3. The minimum atomic E-state index is -4.56. The molecule has 2 N–H and O–H groups in total. The number of carbonyl (C=O) groups excluding carboxylic acids is 2. The summed E-state index contributed by atoms with van der Waals surface area (Å²) in [5.74, 6) is -2.09. The Hall–Kier alpha value is -3.68. The summed E-state index contributed by atoms with van der Waals surface area (Å²) in [5, 5.41) is 7.54. The summed E-state index contributed by atoms with van der Waals surface area (Å²) < 4.78 is 38.8. The number of anilines is 1. The lowest BCUT2D eigenvalue weighted by atomic mass is 10.1. The second kappa shape index (κ2) is 7.91. The SMILES string of the molecule is O=C(N/N=C/c1ccccc1C(F)(F)F)C(=O)Nc1cccc2ccccc12. The van der Waals surface area contributed by atoms with Crippen LogP contribution in [-0.4, -0.2) is 18.0 Å². The molecule has 142 valence electrons. The molecule has 28 heavy (non-hydrogen) atoms. The van der Waals surface area contributed by atoms with Gasteiger partial charge < -0.3 is 5.32 Å². The molecule has 0 saturated heterocycles. The number of hydrazone groups is 1. The van der Waals surface area contributed by atoms with Crippen LogP contribution in [0.25, 0.3) is 10.8 Å². The van der Waals surface area contributed by atoms with Crippen molar-refractivity contribution in [3.63, 3.8) is 0 Å². The molecular weight excluding hydrogens is 371 g/mol. The van der Waals surface area contributed by atoms with Crippen molar-refractivity contribution >= 4 is 34.5 Å². The zero-order chi connectivity index (χ0) is 20.1. The van der Waals surface area contributed by atoms with E-state index in [0.29, 0.717) is 5.69 Å². The first-order valence-corrected chi connectivity index (χ1v) is 8.14. The van der Waals surface area contributed by atoms with Crippen LogP contribution in [0.3, 0.4) is 0 Å². The molecule has 3 aromatic rings. The molecule has 0 radical (unpaired) electrons. The van der Waals surface area contributed by atoms with Gasteiger partial charge in [-0.05, 0) is 17.5 Å². The van der Waals surface area contributed by atoms with E-state index in [-0.39, 0.29) is 5.56 Å². The van der Waals surface area contributed by atoms with Gasteiger partial charge in [0.25, 0.3) is 0 Å². The van der Waals surface area contributed by atoms with Crippen LogP contribution in [-0.2, 0) is 15.8 Å². The van der Waals surface area contributed by atoms with Crippen molar-refractivity contribution in [3.8, 4) is 0 Å². The number of nitrogens with zero attached hydrogens (tertiary/aromatic N) is 1. The number of fused-ring (bicyclic) bond motifs is 1. The van der Waals surface area contributed by atoms with Crippen LogP contribution in [0.1, 0.15) is 11.1 Å². The molecular formula is C20H14F3N3O2. The molecule has 0 aliphatic rings. The van der Waals surface area contributed by atoms with E-state index in [4.69, 9.17) is 0 Å². The number of benzene rings is 3. The molecule has 0 heterocycles. The van der Waals surface area contributed by atoms with Crippen molar-refractivity contribution in [3.05, 3.63) is 77.9 Å². The molecule has 3 rings (SSSR count). The highest BCUT2D eigenvalue weighted by atomic mass is 19.4. The Morgan fingerprint density at radius 2 is 1.54 bits per heavy atom. The van der Waals surface area contributed by atoms with Crippen molar-refractivity contribution in [1.29, 1.82) is 0 Å². The van der Waals surface area contributed by atoms with E-state index in [1.54, 1.807) is 24.3 Å². The van der Waals surface area contributed by atoms with Gasteiger partial charge in [0.2, 0.25) is 0 Å². The van der Waals surface area contributed by atoms with Crippen molar-refractivity contribution in [2.24, 2.45) is 5.10 Å². The van der Waals surface area contributed by atoms with Crippen molar-refractivity contribution < 1.29 is 22.8 Å². The first-order chi connectivity index (χ1) is 13.4. The fraction of sp³-hybridized carbons (Fsp3) is 0.0500. The Labute approximate surface area is 157 Å². The average Bonchev–Trinajstić information content (AvgIpc) is 2.67. The lowest BCUT2D eigenvalue weighted by Gasteiger charge is -2.09. The van der Waals surface area contributed by atoms with Gasteiger partial charge in [-0.2, -0.15) is 18.3 Å². The predicted octanol–water partition coefficient (Wildman–Crippen LogP) is 3.95. The highest BCUT2D eigenvalue weighted by Crippen LogP contribution is 2.31. The maximum absolute atomic E-state index is 12.9. The van der Waals surface area contributed by atoms with Gasteiger partial charge >= 0.3 is 18.0 Å². The minimum absolute atomic E-state index is 0.232. The zero-order valence-electron chi connectivity index (χ0n) is 14.3. The number of alkyl halides is 3. The molecule has 5 nitrogen and oxygen atoms in total. The third-order valence-corrected chi connectivity index (χ3v) is 3.88. The summed E-state index contributed by atoms with van der Waals surface area (Å²) in [7, 11) is 0. The van der Waals surface area contributed by atoms with E-state index in [2.05, 4.69) is 10.4 Å². The van der Waals surface area contributed by atoms with Crippen molar-refractivity contribution in [1.82, 2.24) is 5.43 Å². The van der Waals surface area contributed by atoms with Gasteiger partial charge in [-0.15, -0.1) is 0 Å². The number of carbonyl (C=O) groups is 2. The van der Waals surface area contributed by atoms with Crippen LogP contribution in [0.4, 0.5) is 18.9 Å². The Kier molecular flexibility index (Phi) is 5.39. The van der Waals surface area contributed by atoms with Crippen LogP contribution < -0.4 is 10.7 Å². The second-order valence-electron chi connectivity index (χ2n) is 5.76. The summed E-state index contributed by atoms with van der Waals surface area (Å²) in [4.78, 5) is 23.9. The topological polar surface area (TPSA) is 70.6 Å². The largest absolute Gasteiger partial charge is 0.417 e. The molecule has 8 heteroatoms. The highest BCUT2D eigenvalue weighted by Gasteiger charge is 2.32. The molecule has 0 aliphatic carbocycles. The van der Waals surface area contributed by atoms with Crippen LogP contribution in [0.5, 0.6) is 0 Å². The standard InChI is InChI=1S/C20H14F3N3O2/c21-20(22,23)16-10-4-2-7-14(16)12-24-26-19(28)18(27)25-17-11-5-8-13-6-1-3-9-15(13)17/h1-12H,(H,25,27)(H,26,28)/b24-12+. The predicted molar refractivity (Wildman–Crippen MR) is 99.8 cm³/mol. The number of halogens is 3. The normalized spacial score (nSPS) is 11.5. The van der Waals surface area contributed by atoms with Gasteiger partial charge in [0.1, 0.15) is 0 Å². The molecule has 0 aromatic heterocycles. The first-order valence-electron chi connectivity index (χ1n) is 8.14. The maximum atomic E-state index is 12.9. The van der Waals surface area contributed by atoms with E-state index in [0.717, 1.165) is 23.1 Å². The van der Waals surface area contributed by atoms with E-state index in [1.807, 2.05) is 23.6 Å². The summed E-state index contributed by atoms with van der Waals surface area (Å²) in [6.07, 6.45) is -3.72. The number of hydrogen-bond donors (Lipinski definition) is 2. The van der Waals surface area contributed by atoms with Gasteiger partial charge in [0, 0.05) is 16.6 Å². The number of amides is 2. The smallest absolute Gasteiger partial charge is 0.317 e. The van der Waals surface area contributed by atoms with Gasteiger partial charge in [-0.3, -0.25) is 9.59 Å². The molecule has 0 saturated carbocycles. The van der Waals surface area contributed by atoms with E-state index in [9.17, 15) is 22.8 Å².